The fourth-order valence-electron chi connectivity index (χ4n) is 5.73. The molecule has 4 N–H and O–H groups in total. The summed E-state index contributed by atoms with van der Waals surface area (Å²) in [7, 11) is 0. The Morgan fingerprint density at radius 3 is 1.88 bits per heavy atom. The van der Waals surface area contributed by atoms with Gasteiger partial charge in [0, 0.05) is 58.8 Å². The van der Waals surface area contributed by atoms with Gasteiger partial charge in [-0.15, -0.1) is 0 Å². The summed E-state index contributed by atoms with van der Waals surface area (Å²) in [6.45, 7) is 8.08. The minimum absolute atomic E-state index is 0.0218. The number of anilines is 6. The Balaban J connectivity index is 0.000000205. The molecule has 4 aromatic carbocycles. The van der Waals surface area contributed by atoms with Gasteiger partial charge in [0.1, 0.15) is 11.6 Å². The van der Waals surface area contributed by atoms with Crippen LogP contribution in [0.5, 0.6) is 0 Å². The molecule has 0 saturated carbocycles. The normalized spacial score (nSPS) is 10.6. The summed E-state index contributed by atoms with van der Waals surface area (Å²) in [6.07, 6.45) is 7.83. The van der Waals surface area contributed by atoms with E-state index in [0.29, 0.717) is 46.8 Å². The maximum Gasteiger partial charge on any atom is 0.299 e. The van der Waals surface area contributed by atoms with Gasteiger partial charge in [-0.25, -0.2) is 18.7 Å². The lowest BCUT2D eigenvalue weighted by Crippen LogP contribution is -2.15. The molecule has 0 spiro atoms. The molecule has 2 amide bonds. The Kier molecular flexibility index (Phi) is 13.8. The van der Waals surface area contributed by atoms with Gasteiger partial charge in [0.15, 0.2) is 11.5 Å². The molecule has 0 radical (unpaired) electrons. The number of aryl methyl sites for hydroxylation is 2. The summed E-state index contributed by atoms with van der Waals surface area (Å²) >= 11 is 0. The molecule has 0 unspecified atom stereocenters. The molecule has 60 heavy (non-hydrogen) atoms. The topological polar surface area (TPSA) is 171 Å². The number of nitrogens with zero attached hydrogens (tertiary/aromatic N) is 4. The lowest BCUT2D eigenvalue weighted by Gasteiger charge is -2.11. The van der Waals surface area contributed by atoms with Crippen molar-refractivity contribution in [2.45, 2.75) is 47.0 Å². The summed E-state index contributed by atoms with van der Waals surface area (Å²) in [5.74, 6) is -0.196. The summed E-state index contributed by atoms with van der Waals surface area (Å²) in [6, 6.07) is 27.5. The van der Waals surface area contributed by atoms with Crippen molar-refractivity contribution in [3.63, 3.8) is 0 Å². The quantitative estimate of drug-likeness (QED) is 0.0879. The van der Waals surface area contributed by atoms with E-state index in [9.17, 15) is 18.4 Å². The molecule has 0 aliphatic heterocycles. The number of hydrogen-bond donors (Lipinski definition) is 4. The number of hydrogen-bond acceptors (Lipinski definition) is 10. The third-order valence-electron chi connectivity index (χ3n) is 9.10. The van der Waals surface area contributed by atoms with Crippen LogP contribution in [0.3, 0.4) is 0 Å². The van der Waals surface area contributed by atoms with E-state index < -0.39 is 17.5 Å². The highest BCUT2D eigenvalue weighted by Crippen LogP contribution is 2.29. The second-order valence-corrected chi connectivity index (χ2v) is 14.2. The first-order valence-electron chi connectivity index (χ1n) is 19.0. The molecule has 7 rings (SSSR count). The zero-order valence-electron chi connectivity index (χ0n) is 33.3. The van der Waals surface area contributed by atoms with Crippen molar-refractivity contribution in [2.24, 2.45) is 5.92 Å². The second kappa shape index (κ2) is 19.7. The molecule has 3 aromatic heterocycles. The van der Waals surface area contributed by atoms with Crippen molar-refractivity contribution in [1.82, 2.24) is 15.0 Å². The lowest BCUT2D eigenvalue weighted by atomic mass is 10.1. The number of amides is 2. The highest BCUT2D eigenvalue weighted by Gasteiger charge is 2.14. The van der Waals surface area contributed by atoms with Crippen molar-refractivity contribution in [3.05, 3.63) is 150 Å². The first-order valence-corrected chi connectivity index (χ1v) is 19.0. The molecule has 0 aliphatic rings. The molecule has 0 atom stereocenters. The van der Waals surface area contributed by atoms with E-state index >= 15 is 0 Å². The Bertz CT molecular complexity index is 2620. The molecule has 0 aliphatic carbocycles. The standard InChI is InChI=1S/C25H18F2N4O2.C21H24N4O2/c1-15-2-9-20(30-24(32)10-18-7-8-19(26)11-21(18)27)12-22(15)31-25-29-14-23(33-25)17-5-3-16(13-28)4-6-17;1-14(2)6-9-20(26)24-17-8-7-15(3)18(11-17)25-21-23-13-19(27-21)16-5-4-10-22-12-16/h2-9,11-12,14H,10H2,1H3,(H,29,31)(H,30,32);4-5,7-8,10-14H,6,9H2,1-3H3,(H,23,25)(H,24,26). The first kappa shape index (κ1) is 42.0. The van der Waals surface area contributed by atoms with Crippen molar-refractivity contribution < 1.29 is 27.2 Å². The third-order valence-corrected chi connectivity index (χ3v) is 9.10. The number of oxazole rings is 2. The van der Waals surface area contributed by atoms with E-state index in [4.69, 9.17) is 14.1 Å². The molecule has 0 bridgehead atoms. The number of carbonyl (C=O) groups excluding carboxylic acids is 2. The number of benzene rings is 4. The highest BCUT2D eigenvalue weighted by molar-refractivity contribution is 5.93. The van der Waals surface area contributed by atoms with Gasteiger partial charge in [0.05, 0.1) is 30.4 Å². The SMILES string of the molecule is Cc1ccc(NC(=O)CCC(C)C)cc1Nc1ncc(-c2cccnc2)o1.Cc1ccc(NC(=O)Cc2ccc(F)cc2F)cc1Nc1ncc(-c2ccc(C#N)cc2)o1. The predicted octanol–water partition coefficient (Wildman–Crippen LogP) is 10.9. The zero-order valence-corrected chi connectivity index (χ0v) is 33.3. The van der Waals surface area contributed by atoms with Gasteiger partial charge in [0.25, 0.3) is 12.0 Å². The van der Waals surface area contributed by atoms with Crippen LogP contribution in [0.1, 0.15) is 48.9 Å². The maximum atomic E-state index is 13.8. The molecule has 0 fully saturated rings. The van der Waals surface area contributed by atoms with Crippen molar-refractivity contribution >= 4 is 46.6 Å². The van der Waals surface area contributed by atoms with Crippen LogP contribution in [0.4, 0.5) is 43.6 Å². The van der Waals surface area contributed by atoms with E-state index in [1.165, 1.54) is 6.07 Å². The molecule has 0 saturated heterocycles. The van der Waals surface area contributed by atoms with Gasteiger partial charge in [0.2, 0.25) is 11.8 Å². The van der Waals surface area contributed by atoms with Gasteiger partial charge in [-0.2, -0.15) is 5.26 Å². The van der Waals surface area contributed by atoms with E-state index in [1.54, 1.807) is 67.3 Å². The van der Waals surface area contributed by atoms with Crippen LogP contribution in [0.2, 0.25) is 0 Å². The van der Waals surface area contributed by atoms with E-state index in [1.807, 2.05) is 44.2 Å². The van der Waals surface area contributed by atoms with Gasteiger partial charge < -0.3 is 30.1 Å². The smallest absolute Gasteiger partial charge is 0.299 e. The van der Waals surface area contributed by atoms with Crippen molar-refractivity contribution in [3.8, 4) is 28.7 Å². The highest BCUT2D eigenvalue weighted by atomic mass is 19.1. The van der Waals surface area contributed by atoms with Crippen LogP contribution < -0.4 is 21.3 Å². The monoisotopic (exact) mass is 808 g/mol. The number of rotatable bonds is 13. The molecule has 12 nitrogen and oxygen atoms in total. The molecule has 14 heteroatoms. The van der Waals surface area contributed by atoms with Crippen LogP contribution in [0.25, 0.3) is 22.6 Å². The molecule has 7 aromatic rings. The van der Waals surface area contributed by atoms with Gasteiger partial charge in [-0.05, 0) is 110 Å². The zero-order chi connectivity index (χ0) is 42.6. The number of aromatic nitrogens is 3. The fourth-order valence-corrected chi connectivity index (χ4v) is 5.73. The Morgan fingerprint density at radius 2 is 1.33 bits per heavy atom. The molecular formula is C46H42F2N8O4. The van der Waals surface area contributed by atoms with Crippen LogP contribution in [-0.4, -0.2) is 26.8 Å². The average molecular weight is 809 g/mol. The Hall–Kier alpha value is -7.66. The van der Waals surface area contributed by atoms with Crippen LogP contribution in [-0.2, 0) is 16.0 Å². The van der Waals surface area contributed by atoms with Crippen LogP contribution in [0, 0.1) is 42.7 Å². The van der Waals surface area contributed by atoms with Gasteiger partial charge in [-0.3, -0.25) is 14.6 Å². The molecule has 304 valence electrons. The lowest BCUT2D eigenvalue weighted by molar-refractivity contribution is -0.117. The summed E-state index contributed by atoms with van der Waals surface area (Å²) in [4.78, 5) is 37.0. The minimum Gasteiger partial charge on any atom is -0.423 e. The van der Waals surface area contributed by atoms with Crippen molar-refractivity contribution in [1.29, 1.82) is 5.26 Å². The number of halogens is 2. The fraction of sp³-hybridized carbons (Fsp3) is 0.174. The van der Waals surface area contributed by atoms with Gasteiger partial charge in [-0.1, -0.05) is 32.0 Å². The van der Waals surface area contributed by atoms with E-state index in [0.717, 1.165) is 52.2 Å². The molecular weight excluding hydrogens is 767 g/mol. The Labute approximate surface area is 345 Å². The molecule has 3 heterocycles. The summed E-state index contributed by atoms with van der Waals surface area (Å²) < 4.78 is 38.4. The van der Waals surface area contributed by atoms with Gasteiger partial charge >= 0.3 is 0 Å². The number of pyridine rings is 1. The van der Waals surface area contributed by atoms with Crippen molar-refractivity contribution in [2.75, 3.05) is 21.3 Å². The minimum atomic E-state index is -0.765. The average Bonchev–Trinajstić information content (AvgIpc) is 3.91. The number of nitrogens with one attached hydrogen (secondary N) is 4. The maximum absolute atomic E-state index is 13.8. The van der Waals surface area contributed by atoms with E-state index in [2.05, 4.69) is 56.1 Å². The number of nitriles is 1. The third kappa shape index (κ3) is 11.7. The summed E-state index contributed by atoms with van der Waals surface area (Å²) in [5.41, 5.74) is 6.94. The van der Waals surface area contributed by atoms with Crippen LogP contribution >= 0.6 is 0 Å². The summed E-state index contributed by atoms with van der Waals surface area (Å²) in [5, 5.41) is 20.8. The number of carbonyl (C=O) groups is 2. The largest absolute Gasteiger partial charge is 0.423 e. The van der Waals surface area contributed by atoms with E-state index in [-0.39, 0.29) is 23.9 Å². The second-order valence-electron chi connectivity index (χ2n) is 14.2. The predicted molar refractivity (Wildman–Crippen MR) is 227 cm³/mol. The van der Waals surface area contributed by atoms with Crippen LogP contribution in [0.15, 0.2) is 125 Å². The Morgan fingerprint density at radius 1 is 0.733 bits per heavy atom. The first-order chi connectivity index (χ1) is 28.9.